The number of aliphatic hydroxyl groups excluding tert-OH is 1. The van der Waals surface area contributed by atoms with Gasteiger partial charge in [-0.3, -0.25) is 4.84 Å². The van der Waals surface area contributed by atoms with Gasteiger partial charge in [0.1, 0.15) is 0 Å². The van der Waals surface area contributed by atoms with Gasteiger partial charge in [-0.05, 0) is 43.4 Å². The van der Waals surface area contributed by atoms with Gasteiger partial charge in [-0.15, -0.1) is 0 Å². The van der Waals surface area contributed by atoms with Crippen molar-refractivity contribution in [2.45, 2.75) is 51.3 Å². The van der Waals surface area contributed by atoms with Crippen molar-refractivity contribution in [1.29, 1.82) is 0 Å². The lowest BCUT2D eigenvalue weighted by Gasteiger charge is -2.49. The molecule has 0 aliphatic heterocycles. The monoisotopic (exact) mass is 447 g/mol. The lowest BCUT2D eigenvalue weighted by Crippen LogP contribution is -2.59. The summed E-state index contributed by atoms with van der Waals surface area (Å²) in [5.74, 6) is 0. The molecule has 4 heteroatoms. The van der Waals surface area contributed by atoms with Crippen molar-refractivity contribution in [1.82, 2.24) is 5.06 Å². The minimum atomic E-state index is -0.683. The fourth-order valence-electron chi connectivity index (χ4n) is 4.31. The Labute approximate surface area is 198 Å². The minimum Gasteiger partial charge on any atom is -0.394 e. The zero-order valence-corrected chi connectivity index (χ0v) is 20.1. The quantitative estimate of drug-likeness (QED) is 0.339. The van der Waals surface area contributed by atoms with Gasteiger partial charge in [0.25, 0.3) is 0 Å². The Kier molecular flexibility index (Phi) is 9.21. The van der Waals surface area contributed by atoms with Gasteiger partial charge in [0.15, 0.2) is 0 Å². The lowest BCUT2D eigenvalue weighted by molar-refractivity contribution is -0.294. The molecule has 0 saturated carbocycles. The number of benzene rings is 3. The minimum absolute atomic E-state index is 0.0546. The molecule has 1 atom stereocenters. The van der Waals surface area contributed by atoms with E-state index < -0.39 is 11.1 Å². The second-order valence-electron chi connectivity index (χ2n) is 9.06. The molecule has 0 aromatic heterocycles. The van der Waals surface area contributed by atoms with Gasteiger partial charge in [0.05, 0.1) is 37.5 Å². The van der Waals surface area contributed by atoms with Crippen molar-refractivity contribution in [3.8, 4) is 0 Å². The van der Waals surface area contributed by atoms with E-state index in [1.54, 1.807) is 0 Å². The van der Waals surface area contributed by atoms with E-state index >= 15 is 0 Å². The van der Waals surface area contributed by atoms with E-state index in [0.29, 0.717) is 26.2 Å². The SMILES string of the molecule is CCC(CO)(c1ccccc1)N(OCCc1ccccc1)C(C)(C)COCc1ccccc1. The zero-order valence-electron chi connectivity index (χ0n) is 20.1. The van der Waals surface area contributed by atoms with Gasteiger partial charge >= 0.3 is 0 Å². The highest BCUT2D eigenvalue weighted by molar-refractivity contribution is 5.25. The van der Waals surface area contributed by atoms with Crippen molar-refractivity contribution >= 4 is 0 Å². The fraction of sp³-hybridized carbons (Fsp3) is 0.379. The molecule has 3 rings (SSSR count). The summed E-state index contributed by atoms with van der Waals surface area (Å²) in [6, 6.07) is 30.6. The zero-order chi connectivity index (χ0) is 23.6. The second kappa shape index (κ2) is 12.1. The van der Waals surface area contributed by atoms with Crippen molar-refractivity contribution in [2.75, 3.05) is 19.8 Å². The third-order valence-electron chi connectivity index (χ3n) is 6.12. The van der Waals surface area contributed by atoms with Crippen LogP contribution in [0.2, 0.25) is 0 Å². The number of aliphatic hydroxyl groups is 1. The topological polar surface area (TPSA) is 41.9 Å². The van der Waals surface area contributed by atoms with Gasteiger partial charge in [0, 0.05) is 0 Å². The van der Waals surface area contributed by atoms with Gasteiger partial charge in [-0.25, -0.2) is 0 Å². The van der Waals surface area contributed by atoms with Crippen LogP contribution in [0.5, 0.6) is 0 Å². The number of hydrogen-bond donors (Lipinski definition) is 1. The molecule has 0 bridgehead atoms. The van der Waals surface area contributed by atoms with Crippen LogP contribution in [0.1, 0.15) is 43.9 Å². The average molecular weight is 448 g/mol. The standard InChI is InChI=1S/C29H37NO3/c1-4-29(23-31,27-18-12-7-13-19-27)30(33-21-20-25-14-8-5-9-15-25)28(2,3)24-32-22-26-16-10-6-11-17-26/h5-19,31H,4,20-24H2,1-3H3. The van der Waals surface area contributed by atoms with Crippen molar-refractivity contribution in [3.63, 3.8) is 0 Å². The number of hydrogen-bond acceptors (Lipinski definition) is 4. The van der Waals surface area contributed by atoms with Crippen LogP contribution >= 0.6 is 0 Å². The van der Waals surface area contributed by atoms with Crippen LogP contribution in [0.3, 0.4) is 0 Å². The molecule has 0 aliphatic rings. The summed E-state index contributed by atoms with van der Waals surface area (Å²) in [5, 5.41) is 12.7. The predicted molar refractivity (Wildman–Crippen MR) is 134 cm³/mol. The summed E-state index contributed by atoms with van der Waals surface area (Å²) in [5.41, 5.74) is 2.22. The third-order valence-corrected chi connectivity index (χ3v) is 6.12. The molecule has 1 unspecified atom stereocenters. The highest BCUT2D eigenvalue weighted by Gasteiger charge is 2.45. The molecular weight excluding hydrogens is 410 g/mol. The highest BCUT2D eigenvalue weighted by Crippen LogP contribution is 2.38. The summed E-state index contributed by atoms with van der Waals surface area (Å²) in [4.78, 5) is 6.51. The van der Waals surface area contributed by atoms with E-state index in [9.17, 15) is 5.11 Å². The normalized spacial score (nSPS) is 13.7. The first-order valence-electron chi connectivity index (χ1n) is 11.8. The Morgan fingerprint density at radius 3 is 1.88 bits per heavy atom. The maximum Gasteiger partial charge on any atom is 0.0945 e. The predicted octanol–water partition coefficient (Wildman–Crippen LogP) is 5.76. The van der Waals surface area contributed by atoms with Crippen molar-refractivity contribution in [3.05, 3.63) is 108 Å². The number of ether oxygens (including phenoxy) is 1. The lowest BCUT2D eigenvalue weighted by atomic mass is 9.84. The van der Waals surface area contributed by atoms with Crippen LogP contribution in [0.15, 0.2) is 91.0 Å². The summed E-state index contributed by atoms with van der Waals surface area (Å²) in [6.07, 6.45) is 1.49. The van der Waals surface area contributed by atoms with Gasteiger partial charge < -0.3 is 9.84 Å². The largest absolute Gasteiger partial charge is 0.394 e. The van der Waals surface area contributed by atoms with E-state index in [1.165, 1.54) is 5.56 Å². The number of nitrogens with zero attached hydrogens (tertiary/aromatic N) is 1. The second-order valence-corrected chi connectivity index (χ2v) is 9.06. The van der Waals surface area contributed by atoms with Crippen molar-refractivity contribution in [2.24, 2.45) is 0 Å². The summed E-state index contributed by atoms with van der Waals surface area (Å²) >= 11 is 0. The maximum atomic E-state index is 10.7. The first-order valence-corrected chi connectivity index (χ1v) is 11.8. The first kappa shape index (κ1) is 25.1. The van der Waals surface area contributed by atoms with Gasteiger partial charge in [-0.1, -0.05) is 97.9 Å². The fourth-order valence-corrected chi connectivity index (χ4v) is 4.31. The van der Waals surface area contributed by atoms with Crippen LogP contribution in [-0.2, 0) is 28.1 Å². The van der Waals surface area contributed by atoms with Crippen LogP contribution in [0.4, 0.5) is 0 Å². The Morgan fingerprint density at radius 2 is 1.33 bits per heavy atom. The smallest absolute Gasteiger partial charge is 0.0945 e. The molecule has 176 valence electrons. The average Bonchev–Trinajstić information content (AvgIpc) is 2.86. The maximum absolute atomic E-state index is 10.7. The molecule has 0 aliphatic carbocycles. The summed E-state index contributed by atoms with van der Waals surface area (Å²) in [6.45, 7) is 7.78. The molecule has 0 heterocycles. The Morgan fingerprint density at radius 1 is 0.788 bits per heavy atom. The van der Waals surface area contributed by atoms with Crippen LogP contribution in [0.25, 0.3) is 0 Å². The molecule has 4 nitrogen and oxygen atoms in total. The molecule has 0 radical (unpaired) electrons. The van der Waals surface area contributed by atoms with Gasteiger partial charge in [-0.2, -0.15) is 5.06 Å². The third kappa shape index (κ3) is 6.52. The number of rotatable bonds is 13. The van der Waals surface area contributed by atoms with Crippen LogP contribution in [0, 0.1) is 0 Å². The molecule has 33 heavy (non-hydrogen) atoms. The first-order chi connectivity index (χ1) is 16.0. The molecule has 3 aromatic carbocycles. The highest BCUT2D eigenvalue weighted by atomic mass is 16.7. The summed E-state index contributed by atoms with van der Waals surface area (Å²) in [7, 11) is 0. The van der Waals surface area contributed by atoms with Crippen LogP contribution < -0.4 is 0 Å². The van der Waals surface area contributed by atoms with E-state index in [0.717, 1.165) is 17.5 Å². The molecule has 1 N–H and O–H groups in total. The molecule has 0 amide bonds. The Hall–Kier alpha value is -2.50. The van der Waals surface area contributed by atoms with E-state index in [4.69, 9.17) is 9.57 Å². The van der Waals surface area contributed by atoms with Crippen molar-refractivity contribution < 1.29 is 14.7 Å². The molecule has 3 aromatic rings. The number of hydroxylamine groups is 2. The van der Waals surface area contributed by atoms with E-state index in [1.807, 2.05) is 59.7 Å². The Balaban J connectivity index is 1.82. The molecular formula is C29H37NO3. The van der Waals surface area contributed by atoms with Gasteiger partial charge in [0.2, 0.25) is 0 Å². The Bertz CT molecular complexity index is 925. The molecule has 0 fully saturated rings. The summed E-state index contributed by atoms with van der Waals surface area (Å²) < 4.78 is 6.15. The molecule has 0 spiro atoms. The molecule has 0 saturated heterocycles. The van der Waals surface area contributed by atoms with Crippen LogP contribution in [-0.4, -0.2) is 35.5 Å². The van der Waals surface area contributed by atoms with E-state index in [2.05, 4.69) is 57.2 Å². The van der Waals surface area contributed by atoms with E-state index in [-0.39, 0.29) is 6.61 Å².